The van der Waals surface area contributed by atoms with Crippen LogP contribution in [0, 0.1) is 5.41 Å². The molecule has 0 spiro atoms. The molecule has 2 heterocycles. The molecule has 0 radical (unpaired) electrons. The number of hydrogen-bond donors (Lipinski definition) is 2. The Labute approximate surface area is 128 Å². The number of amides is 1. The van der Waals surface area contributed by atoms with Crippen molar-refractivity contribution in [1.82, 2.24) is 15.5 Å². The van der Waals surface area contributed by atoms with Gasteiger partial charge in [0.1, 0.15) is 0 Å². The number of nitrogens with zero attached hydrogens (tertiary/aromatic N) is 1. The summed E-state index contributed by atoms with van der Waals surface area (Å²) in [7, 11) is 0. The number of nitrogens with one attached hydrogen (secondary N) is 2. The monoisotopic (exact) mass is 297 g/mol. The third-order valence-electron chi connectivity index (χ3n) is 4.93. The highest BCUT2D eigenvalue weighted by Crippen LogP contribution is 2.34. The van der Waals surface area contributed by atoms with Crippen LogP contribution < -0.4 is 10.6 Å². The summed E-state index contributed by atoms with van der Waals surface area (Å²) in [6, 6.07) is 0. The highest BCUT2D eigenvalue weighted by atomic mass is 16.5. The van der Waals surface area contributed by atoms with Crippen LogP contribution in [-0.2, 0) is 9.53 Å². The van der Waals surface area contributed by atoms with Gasteiger partial charge in [-0.05, 0) is 38.9 Å². The van der Waals surface area contributed by atoms with E-state index in [0.717, 1.165) is 65.0 Å². The van der Waals surface area contributed by atoms with E-state index in [1.807, 2.05) is 0 Å². The summed E-state index contributed by atoms with van der Waals surface area (Å²) in [4.78, 5) is 15.1. The highest BCUT2D eigenvalue weighted by Gasteiger charge is 2.38. The smallest absolute Gasteiger partial charge is 0.226 e. The van der Waals surface area contributed by atoms with Gasteiger partial charge in [0, 0.05) is 19.6 Å². The maximum Gasteiger partial charge on any atom is 0.226 e. The topological polar surface area (TPSA) is 53.6 Å². The molecule has 2 rings (SSSR count). The molecule has 5 nitrogen and oxygen atoms in total. The number of ether oxygens (including phenoxy) is 1. The van der Waals surface area contributed by atoms with Crippen molar-refractivity contribution in [2.45, 2.75) is 45.6 Å². The van der Waals surface area contributed by atoms with E-state index in [9.17, 15) is 4.79 Å². The highest BCUT2D eigenvalue weighted by molar-refractivity contribution is 5.82. The molecular weight excluding hydrogens is 266 g/mol. The van der Waals surface area contributed by atoms with E-state index in [2.05, 4.69) is 29.4 Å². The number of likely N-dealkylation sites (N-methyl/N-ethyl adjacent to an activating group) is 1. The number of rotatable bonds is 6. The zero-order valence-corrected chi connectivity index (χ0v) is 13.6. The molecule has 0 aromatic rings. The van der Waals surface area contributed by atoms with Gasteiger partial charge in [-0.15, -0.1) is 0 Å². The SMILES string of the molecule is CCCC1(C(=O)NCC2CN(CC)CCO2)CCNCC1. The van der Waals surface area contributed by atoms with Crippen molar-refractivity contribution in [3.63, 3.8) is 0 Å². The molecular formula is C16H31N3O2. The minimum absolute atomic E-state index is 0.142. The molecule has 0 aromatic heterocycles. The Kier molecular flexibility index (Phi) is 6.45. The quantitative estimate of drug-likeness (QED) is 0.768. The molecule has 2 saturated heterocycles. The van der Waals surface area contributed by atoms with E-state index in [1.54, 1.807) is 0 Å². The molecule has 21 heavy (non-hydrogen) atoms. The van der Waals surface area contributed by atoms with Crippen LogP contribution in [0.15, 0.2) is 0 Å². The third kappa shape index (κ3) is 4.41. The normalized spacial score (nSPS) is 26.5. The first kappa shape index (κ1) is 16.7. The molecule has 5 heteroatoms. The summed E-state index contributed by atoms with van der Waals surface area (Å²) in [6.45, 7) is 10.7. The van der Waals surface area contributed by atoms with E-state index in [1.165, 1.54) is 0 Å². The van der Waals surface area contributed by atoms with Crippen molar-refractivity contribution in [2.24, 2.45) is 5.41 Å². The zero-order valence-electron chi connectivity index (χ0n) is 13.6. The first-order chi connectivity index (χ1) is 10.2. The van der Waals surface area contributed by atoms with E-state index in [0.29, 0.717) is 6.54 Å². The summed E-state index contributed by atoms with van der Waals surface area (Å²) in [5.74, 6) is 0.239. The van der Waals surface area contributed by atoms with Crippen LogP contribution in [0.4, 0.5) is 0 Å². The fourth-order valence-corrected chi connectivity index (χ4v) is 3.56. The van der Waals surface area contributed by atoms with Gasteiger partial charge in [-0.3, -0.25) is 9.69 Å². The second kappa shape index (κ2) is 8.11. The van der Waals surface area contributed by atoms with Crippen LogP contribution in [0.1, 0.15) is 39.5 Å². The average Bonchev–Trinajstić information content (AvgIpc) is 2.54. The van der Waals surface area contributed by atoms with Gasteiger partial charge in [-0.25, -0.2) is 0 Å². The molecule has 1 amide bonds. The summed E-state index contributed by atoms with van der Waals surface area (Å²) in [6.07, 6.45) is 4.12. The van der Waals surface area contributed by atoms with Gasteiger partial charge in [-0.2, -0.15) is 0 Å². The molecule has 2 aliphatic rings. The Bertz CT molecular complexity index is 324. The van der Waals surface area contributed by atoms with Crippen LogP contribution in [0.2, 0.25) is 0 Å². The molecule has 0 aromatic carbocycles. The number of piperidine rings is 1. The summed E-state index contributed by atoms with van der Waals surface area (Å²) >= 11 is 0. The van der Waals surface area contributed by atoms with E-state index >= 15 is 0 Å². The van der Waals surface area contributed by atoms with Gasteiger partial charge in [-0.1, -0.05) is 20.3 Å². The first-order valence-electron chi connectivity index (χ1n) is 8.53. The molecule has 1 unspecified atom stereocenters. The van der Waals surface area contributed by atoms with Gasteiger partial charge in [0.15, 0.2) is 0 Å². The Morgan fingerprint density at radius 2 is 2.14 bits per heavy atom. The Morgan fingerprint density at radius 3 is 2.81 bits per heavy atom. The number of hydrogen-bond acceptors (Lipinski definition) is 4. The fourth-order valence-electron chi connectivity index (χ4n) is 3.56. The van der Waals surface area contributed by atoms with Crippen LogP contribution in [0.25, 0.3) is 0 Å². The Hall–Kier alpha value is -0.650. The molecule has 0 bridgehead atoms. The van der Waals surface area contributed by atoms with Gasteiger partial charge in [0.2, 0.25) is 5.91 Å². The predicted octanol–water partition coefficient (Wildman–Crippen LogP) is 0.993. The van der Waals surface area contributed by atoms with Crippen molar-refractivity contribution in [3.05, 3.63) is 0 Å². The fraction of sp³-hybridized carbons (Fsp3) is 0.938. The van der Waals surface area contributed by atoms with Crippen LogP contribution in [0.3, 0.4) is 0 Å². The summed E-state index contributed by atoms with van der Waals surface area (Å²) in [5.41, 5.74) is -0.154. The van der Waals surface area contributed by atoms with Gasteiger partial charge in [0.25, 0.3) is 0 Å². The minimum Gasteiger partial charge on any atom is -0.374 e. The van der Waals surface area contributed by atoms with Crippen LogP contribution in [-0.4, -0.2) is 62.8 Å². The van der Waals surface area contributed by atoms with E-state index in [4.69, 9.17) is 4.74 Å². The second-order valence-corrected chi connectivity index (χ2v) is 6.38. The molecule has 122 valence electrons. The van der Waals surface area contributed by atoms with Crippen molar-refractivity contribution in [1.29, 1.82) is 0 Å². The Morgan fingerprint density at radius 1 is 1.38 bits per heavy atom. The first-order valence-corrected chi connectivity index (χ1v) is 8.53. The van der Waals surface area contributed by atoms with Gasteiger partial charge in [0.05, 0.1) is 18.1 Å². The minimum atomic E-state index is -0.154. The van der Waals surface area contributed by atoms with Crippen molar-refractivity contribution in [3.8, 4) is 0 Å². The number of carbonyl (C=O) groups excluding carboxylic acids is 1. The molecule has 0 saturated carbocycles. The lowest BCUT2D eigenvalue weighted by Gasteiger charge is -2.37. The van der Waals surface area contributed by atoms with Crippen LogP contribution >= 0.6 is 0 Å². The van der Waals surface area contributed by atoms with Crippen molar-refractivity contribution < 1.29 is 9.53 Å². The number of morpholine rings is 1. The standard InChI is InChI=1S/C16H31N3O2/c1-3-5-16(6-8-17-9-7-16)15(20)18-12-14-13-19(4-2)10-11-21-14/h14,17H,3-13H2,1-2H3,(H,18,20). The van der Waals surface area contributed by atoms with Crippen molar-refractivity contribution in [2.75, 3.05) is 45.9 Å². The summed E-state index contributed by atoms with van der Waals surface area (Å²) < 4.78 is 5.77. The van der Waals surface area contributed by atoms with E-state index < -0.39 is 0 Å². The van der Waals surface area contributed by atoms with E-state index in [-0.39, 0.29) is 17.4 Å². The molecule has 2 fully saturated rings. The Balaban J connectivity index is 1.84. The van der Waals surface area contributed by atoms with Gasteiger partial charge < -0.3 is 15.4 Å². The third-order valence-corrected chi connectivity index (χ3v) is 4.93. The lowest BCUT2D eigenvalue weighted by Crippen LogP contribution is -2.52. The molecule has 1 atom stereocenters. The van der Waals surface area contributed by atoms with Gasteiger partial charge >= 0.3 is 0 Å². The average molecular weight is 297 g/mol. The molecule has 2 N–H and O–H groups in total. The molecule has 0 aliphatic carbocycles. The zero-order chi connectivity index (χ0) is 15.1. The maximum atomic E-state index is 12.7. The van der Waals surface area contributed by atoms with Crippen LogP contribution in [0.5, 0.6) is 0 Å². The summed E-state index contributed by atoms with van der Waals surface area (Å²) in [5, 5.41) is 6.53. The molecule has 2 aliphatic heterocycles. The predicted molar refractivity (Wildman–Crippen MR) is 84.3 cm³/mol. The largest absolute Gasteiger partial charge is 0.374 e. The van der Waals surface area contributed by atoms with Crippen molar-refractivity contribution >= 4 is 5.91 Å². The number of carbonyl (C=O) groups is 1. The lowest BCUT2D eigenvalue weighted by molar-refractivity contribution is -0.134. The second-order valence-electron chi connectivity index (χ2n) is 6.38. The maximum absolute atomic E-state index is 12.7. The lowest BCUT2D eigenvalue weighted by atomic mass is 9.74.